The average molecular weight is 239 g/mol. The maximum Gasteiger partial charge on any atom is 0.0460 e. The second-order valence-electron chi connectivity index (χ2n) is 4.02. The van der Waals surface area contributed by atoms with Crippen molar-refractivity contribution in [3.63, 3.8) is 0 Å². The monoisotopic (exact) mass is 239 g/mol. The number of benzene rings is 1. The van der Waals surface area contributed by atoms with Crippen molar-refractivity contribution in [2.45, 2.75) is 20.8 Å². The highest BCUT2D eigenvalue weighted by molar-refractivity contribution is 5.71. The molecule has 94 valence electrons. The van der Waals surface area contributed by atoms with E-state index in [0.717, 1.165) is 11.4 Å². The molecule has 1 rings (SSSR count). The Hall–Kier alpha value is -2.02. The van der Waals surface area contributed by atoms with Gasteiger partial charge in [-0.1, -0.05) is 43.0 Å². The third-order valence-electron chi connectivity index (χ3n) is 2.58. The lowest BCUT2D eigenvalue weighted by Crippen LogP contribution is -1.99. The van der Waals surface area contributed by atoms with Crippen LogP contribution in [0.4, 0.5) is 5.69 Å². The molecule has 0 aliphatic heterocycles. The van der Waals surface area contributed by atoms with Crippen molar-refractivity contribution in [1.29, 1.82) is 0 Å². The number of aryl methyl sites for hydroxylation is 1. The maximum absolute atomic E-state index is 3.74. The number of rotatable bonds is 5. The summed E-state index contributed by atoms with van der Waals surface area (Å²) in [5.41, 5.74) is 4.62. The van der Waals surface area contributed by atoms with E-state index in [0.29, 0.717) is 0 Å². The largest absolute Gasteiger partial charge is 0.355 e. The molecule has 18 heavy (non-hydrogen) atoms. The first kappa shape index (κ1) is 14.0. The van der Waals surface area contributed by atoms with Crippen molar-refractivity contribution >= 4 is 11.8 Å². The molecule has 0 saturated heterocycles. The third kappa shape index (κ3) is 3.77. The molecule has 0 radical (unpaired) electrons. The predicted octanol–water partition coefficient (Wildman–Crippen LogP) is 5.09. The van der Waals surface area contributed by atoms with Gasteiger partial charge in [0.15, 0.2) is 0 Å². The highest BCUT2D eigenvalue weighted by Crippen LogP contribution is 2.23. The summed E-state index contributed by atoms with van der Waals surface area (Å²) in [6, 6.07) is 6.27. The molecule has 0 saturated carbocycles. The van der Waals surface area contributed by atoms with Crippen LogP contribution in [0, 0.1) is 6.92 Å². The molecular formula is C17H21N. The summed E-state index contributed by atoms with van der Waals surface area (Å²) in [4.78, 5) is 0. The number of anilines is 1. The zero-order valence-corrected chi connectivity index (χ0v) is 11.4. The summed E-state index contributed by atoms with van der Waals surface area (Å²) in [6.45, 7) is 9.89. The van der Waals surface area contributed by atoms with Gasteiger partial charge in [-0.15, -0.1) is 0 Å². The van der Waals surface area contributed by atoms with Gasteiger partial charge in [0.05, 0.1) is 0 Å². The van der Waals surface area contributed by atoms with Gasteiger partial charge in [0.25, 0.3) is 0 Å². The highest BCUT2D eigenvalue weighted by Gasteiger charge is 2.02. The van der Waals surface area contributed by atoms with Gasteiger partial charge in [0.1, 0.15) is 0 Å². The van der Waals surface area contributed by atoms with Crippen LogP contribution >= 0.6 is 0 Å². The van der Waals surface area contributed by atoms with E-state index >= 15 is 0 Å². The van der Waals surface area contributed by atoms with Crippen LogP contribution in [-0.4, -0.2) is 0 Å². The second-order valence-corrected chi connectivity index (χ2v) is 4.02. The van der Waals surface area contributed by atoms with Gasteiger partial charge in [-0.05, 0) is 44.6 Å². The SMILES string of the molecule is C=C/C=C(\C=C/C)Nc1cccc(C)c1/C=C\C. The summed E-state index contributed by atoms with van der Waals surface area (Å²) in [6.07, 6.45) is 12.0. The lowest BCUT2D eigenvalue weighted by atomic mass is 10.1. The van der Waals surface area contributed by atoms with Crippen LogP contribution in [0.3, 0.4) is 0 Å². The standard InChI is InChI=1S/C17H21N/c1-5-9-15(10-6-2)18-17-13-8-12-14(4)16(17)11-7-3/h5-13,18H,1H2,2-4H3/b10-6-,11-7-,15-9+. The zero-order chi connectivity index (χ0) is 13.4. The first-order chi connectivity index (χ1) is 8.72. The third-order valence-corrected chi connectivity index (χ3v) is 2.58. The van der Waals surface area contributed by atoms with Crippen LogP contribution in [-0.2, 0) is 0 Å². The minimum Gasteiger partial charge on any atom is -0.355 e. The molecule has 1 heteroatoms. The number of allylic oxidation sites excluding steroid dienone is 5. The van der Waals surface area contributed by atoms with E-state index in [-0.39, 0.29) is 0 Å². The average Bonchev–Trinajstić information content (AvgIpc) is 2.34. The van der Waals surface area contributed by atoms with Crippen LogP contribution < -0.4 is 5.32 Å². The molecule has 0 atom stereocenters. The normalized spacial score (nSPS) is 12.3. The molecule has 1 N–H and O–H groups in total. The Balaban J connectivity index is 3.13. The van der Waals surface area contributed by atoms with E-state index in [1.54, 1.807) is 6.08 Å². The molecule has 1 aromatic rings. The molecule has 1 nitrogen and oxygen atoms in total. The molecule has 0 spiro atoms. The van der Waals surface area contributed by atoms with Crippen LogP contribution in [0.1, 0.15) is 25.0 Å². The van der Waals surface area contributed by atoms with Gasteiger partial charge in [-0.25, -0.2) is 0 Å². The molecule has 0 amide bonds. The summed E-state index contributed by atoms with van der Waals surface area (Å²) in [5.74, 6) is 0. The fourth-order valence-corrected chi connectivity index (χ4v) is 1.78. The van der Waals surface area contributed by atoms with Crippen molar-refractivity contribution in [3.8, 4) is 0 Å². The van der Waals surface area contributed by atoms with E-state index < -0.39 is 0 Å². The predicted molar refractivity (Wildman–Crippen MR) is 82.6 cm³/mol. The minimum absolute atomic E-state index is 1.03. The fourth-order valence-electron chi connectivity index (χ4n) is 1.78. The molecule has 0 aliphatic carbocycles. The Morgan fingerprint density at radius 3 is 2.61 bits per heavy atom. The number of nitrogens with one attached hydrogen (secondary N) is 1. The lowest BCUT2D eigenvalue weighted by Gasteiger charge is -2.12. The first-order valence-electron chi connectivity index (χ1n) is 6.17. The van der Waals surface area contributed by atoms with Crippen molar-refractivity contribution in [3.05, 3.63) is 72.0 Å². The molecule has 0 bridgehead atoms. The van der Waals surface area contributed by atoms with E-state index in [1.165, 1.54) is 11.1 Å². The zero-order valence-electron chi connectivity index (χ0n) is 11.4. The molecule has 0 unspecified atom stereocenters. The summed E-state index contributed by atoms with van der Waals surface area (Å²) >= 11 is 0. The second kappa shape index (κ2) is 7.33. The van der Waals surface area contributed by atoms with Gasteiger partial charge >= 0.3 is 0 Å². The van der Waals surface area contributed by atoms with E-state index in [1.807, 2.05) is 32.1 Å². The fraction of sp³-hybridized carbons (Fsp3) is 0.176. The van der Waals surface area contributed by atoms with E-state index in [2.05, 4.69) is 49.2 Å². The van der Waals surface area contributed by atoms with Crippen molar-refractivity contribution in [2.24, 2.45) is 0 Å². The van der Waals surface area contributed by atoms with Gasteiger partial charge in [-0.3, -0.25) is 0 Å². The summed E-state index contributed by atoms with van der Waals surface area (Å²) < 4.78 is 0. The molecule has 0 aromatic heterocycles. The summed E-state index contributed by atoms with van der Waals surface area (Å²) in [5, 5.41) is 3.43. The smallest absolute Gasteiger partial charge is 0.0460 e. The molecule has 0 aliphatic rings. The van der Waals surface area contributed by atoms with Crippen LogP contribution in [0.5, 0.6) is 0 Å². The number of hydrogen-bond donors (Lipinski definition) is 1. The van der Waals surface area contributed by atoms with Gasteiger partial charge in [-0.2, -0.15) is 0 Å². The Kier molecular flexibility index (Phi) is 5.72. The minimum atomic E-state index is 1.03. The Labute approximate surface area is 110 Å². The summed E-state index contributed by atoms with van der Waals surface area (Å²) in [7, 11) is 0. The van der Waals surface area contributed by atoms with Gasteiger partial charge in [0.2, 0.25) is 0 Å². The topological polar surface area (TPSA) is 12.0 Å². The van der Waals surface area contributed by atoms with E-state index in [9.17, 15) is 0 Å². The van der Waals surface area contributed by atoms with Gasteiger partial charge < -0.3 is 5.32 Å². The Morgan fingerprint density at radius 1 is 1.22 bits per heavy atom. The maximum atomic E-state index is 3.74. The molecular weight excluding hydrogens is 218 g/mol. The molecule has 0 heterocycles. The molecule has 0 fully saturated rings. The number of hydrogen-bond acceptors (Lipinski definition) is 1. The Bertz CT molecular complexity index is 490. The Morgan fingerprint density at radius 2 is 2.00 bits per heavy atom. The van der Waals surface area contributed by atoms with Crippen molar-refractivity contribution < 1.29 is 0 Å². The van der Waals surface area contributed by atoms with Crippen LogP contribution in [0.2, 0.25) is 0 Å². The lowest BCUT2D eigenvalue weighted by molar-refractivity contribution is 1.39. The quantitative estimate of drug-likeness (QED) is 0.706. The van der Waals surface area contributed by atoms with E-state index in [4.69, 9.17) is 0 Å². The highest BCUT2D eigenvalue weighted by atomic mass is 14.9. The van der Waals surface area contributed by atoms with Crippen LogP contribution in [0.15, 0.2) is 60.9 Å². The van der Waals surface area contributed by atoms with Crippen molar-refractivity contribution in [2.75, 3.05) is 5.32 Å². The molecule has 1 aromatic carbocycles. The van der Waals surface area contributed by atoms with Crippen molar-refractivity contribution in [1.82, 2.24) is 0 Å². The van der Waals surface area contributed by atoms with Crippen LogP contribution in [0.25, 0.3) is 6.08 Å². The first-order valence-corrected chi connectivity index (χ1v) is 6.17. The van der Waals surface area contributed by atoms with Gasteiger partial charge in [0, 0.05) is 16.9 Å².